The van der Waals surface area contributed by atoms with Gasteiger partial charge in [-0.3, -0.25) is 4.90 Å². The lowest BCUT2D eigenvalue weighted by molar-refractivity contribution is 0.142. The Labute approximate surface area is 85.5 Å². The molecule has 1 rings (SSSR count). The van der Waals surface area contributed by atoms with Crippen LogP contribution < -0.4 is 0 Å². The van der Waals surface area contributed by atoms with E-state index in [0.717, 1.165) is 0 Å². The topological polar surface area (TPSA) is 3.24 Å². The molecule has 1 heterocycles. The van der Waals surface area contributed by atoms with E-state index in [1.807, 2.05) is 0 Å². The summed E-state index contributed by atoms with van der Waals surface area (Å²) < 4.78 is 0. The lowest BCUT2D eigenvalue weighted by Crippen LogP contribution is -2.42. The molecule has 1 nitrogen and oxygen atoms in total. The van der Waals surface area contributed by atoms with Gasteiger partial charge in [0.15, 0.2) is 0 Å². The summed E-state index contributed by atoms with van der Waals surface area (Å²) in [4.78, 5) is 2.61. The van der Waals surface area contributed by atoms with E-state index in [-0.39, 0.29) is 0 Å². The van der Waals surface area contributed by atoms with Crippen molar-refractivity contribution < 1.29 is 0 Å². The Morgan fingerprint density at radius 2 is 1.77 bits per heavy atom. The van der Waals surface area contributed by atoms with Gasteiger partial charge in [-0.15, -0.1) is 9.24 Å². The number of likely N-dealkylation sites (tertiary alicyclic amines) is 1. The third-order valence-electron chi connectivity index (χ3n) is 3.08. The van der Waals surface area contributed by atoms with Gasteiger partial charge in [-0.2, -0.15) is 0 Å². The quantitative estimate of drug-likeness (QED) is 0.545. The second kappa shape index (κ2) is 3.87. The van der Waals surface area contributed by atoms with Crippen LogP contribution in [0.2, 0.25) is 0 Å². The van der Waals surface area contributed by atoms with Gasteiger partial charge in [0.1, 0.15) is 0 Å². The maximum absolute atomic E-state index is 3.03. The van der Waals surface area contributed by atoms with Gasteiger partial charge in [-0.05, 0) is 58.3 Å². The molecule has 0 aromatic rings. The zero-order chi connectivity index (χ0) is 10.1. The first-order valence-corrected chi connectivity index (χ1v) is 5.93. The molecular weight excluding hydrogens is 177 g/mol. The summed E-state index contributed by atoms with van der Waals surface area (Å²) >= 11 is 0. The Morgan fingerprint density at radius 1 is 1.15 bits per heavy atom. The van der Waals surface area contributed by atoms with Crippen molar-refractivity contribution in [2.24, 2.45) is 0 Å². The first-order valence-electron chi connectivity index (χ1n) is 5.35. The van der Waals surface area contributed by atoms with E-state index in [1.54, 1.807) is 0 Å². The first kappa shape index (κ1) is 11.5. The standard InChI is InChI=1S/C11H24NP/c1-10(2,3)12-8-5-6-11(4,13)7-9-12/h5-9,13H2,1-4H3. The predicted octanol–water partition coefficient (Wildman–Crippen LogP) is 2.90. The number of hydrogen-bond donors (Lipinski definition) is 0. The van der Waals surface area contributed by atoms with Gasteiger partial charge in [0.05, 0.1) is 0 Å². The molecule has 0 aromatic carbocycles. The van der Waals surface area contributed by atoms with E-state index in [9.17, 15) is 0 Å². The molecule has 1 saturated heterocycles. The summed E-state index contributed by atoms with van der Waals surface area (Å²) in [6.07, 6.45) is 4.01. The van der Waals surface area contributed by atoms with Crippen LogP contribution in [0.5, 0.6) is 0 Å². The highest BCUT2D eigenvalue weighted by atomic mass is 31.0. The van der Waals surface area contributed by atoms with E-state index < -0.39 is 0 Å². The van der Waals surface area contributed by atoms with Gasteiger partial charge in [0.25, 0.3) is 0 Å². The van der Waals surface area contributed by atoms with E-state index >= 15 is 0 Å². The molecule has 0 amide bonds. The van der Waals surface area contributed by atoms with Crippen molar-refractivity contribution in [1.29, 1.82) is 0 Å². The molecule has 0 spiro atoms. The van der Waals surface area contributed by atoms with Crippen molar-refractivity contribution in [3.8, 4) is 0 Å². The molecule has 1 aliphatic rings. The van der Waals surface area contributed by atoms with Gasteiger partial charge in [-0.1, -0.05) is 6.92 Å². The van der Waals surface area contributed by atoms with Crippen molar-refractivity contribution in [2.75, 3.05) is 13.1 Å². The smallest absolute Gasteiger partial charge is 0.0125 e. The van der Waals surface area contributed by atoms with Gasteiger partial charge < -0.3 is 0 Å². The second-order valence-corrected chi connectivity index (χ2v) is 7.06. The molecule has 1 aliphatic heterocycles. The molecule has 0 N–H and O–H groups in total. The molecule has 1 fully saturated rings. The lowest BCUT2D eigenvalue weighted by atomic mass is 10.0. The summed E-state index contributed by atoms with van der Waals surface area (Å²) in [5.74, 6) is 0. The normalized spacial score (nSPS) is 33.0. The minimum absolute atomic E-state index is 0.352. The van der Waals surface area contributed by atoms with Crippen molar-refractivity contribution in [2.45, 2.75) is 57.7 Å². The third kappa shape index (κ3) is 3.56. The Hall–Kier alpha value is 0.390. The second-order valence-electron chi connectivity index (χ2n) is 5.67. The zero-order valence-corrected chi connectivity index (χ0v) is 10.7. The summed E-state index contributed by atoms with van der Waals surface area (Å²) in [7, 11) is 3.03. The Bertz CT molecular complexity index is 169. The summed E-state index contributed by atoms with van der Waals surface area (Å²) in [5, 5.41) is 0.486. The zero-order valence-electron chi connectivity index (χ0n) is 9.56. The molecule has 2 unspecified atom stereocenters. The van der Waals surface area contributed by atoms with Crippen LogP contribution in [-0.4, -0.2) is 28.7 Å². The monoisotopic (exact) mass is 201 g/mol. The Morgan fingerprint density at radius 3 is 2.31 bits per heavy atom. The molecule has 78 valence electrons. The molecular formula is C11H24NP. The summed E-state index contributed by atoms with van der Waals surface area (Å²) in [6.45, 7) is 11.8. The molecule has 0 aliphatic carbocycles. The van der Waals surface area contributed by atoms with Crippen LogP contribution in [0.4, 0.5) is 0 Å². The SMILES string of the molecule is CC1(P)CCCN(C(C)(C)C)CC1. The molecule has 2 heteroatoms. The van der Waals surface area contributed by atoms with Crippen LogP contribution in [0.1, 0.15) is 47.0 Å². The average Bonchev–Trinajstić information content (AvgIpc) is 2.08. The maximum atomic E-state index is 3.03. The third-order valence-corrected chi connectivity index (χ3v) is 3.65. The molecule has 13 heavy (non-hydrogen) atoms. The van der Waals surface area contributed by atoms with E-state index in [4.69, 9.17) is 0 Å². The van der Waals surface area contributed by atoms with Crippen LogP contribution in [0, 0.1) is 0 Å². The van der Waals surface area contributed by atoms with Crippen LogP contribution in [-0.2, 0) is 0 Å². The highest BCUT2D eigenvalue weighted by molar-refractivity contribution is 7.18. The van der Waals surface area contributed by atoms with Crippen LogP contribution >= 0.6 is 9.24 Å². The lowest BCUT2D eigenvalue weighted by Gasteiger charge is -2.35. The molecule has 2 atom stereocenters. The van der Waals surface area contributed by atoms with E-state index in [1.165, 1.54) is 32.4 Å². The molecule has 0 radical (unpaired) electrons. The Kier molecular flexibility index (Phi) is 3.41. The minimum atomic E-state index is 0.352. The maximum Gasteiger partial charge on any atom is 0.0125 e. The van der Waals surface area contributed by atoms with Crippen LogP contribution in [0.3, 0.4) is 0 Å². The minimum Gasteiger partial charge on any atom is -0.298 e. The number of hydrogen-bond acceptors (Lipinski definition) is 1. The fourth-order valence-corrected chi connectivity index (χ4v) is 2.30. The van der Waals surface area contributed by atoms with Gasteiger partial charge in [0.2, 0.25) is 0 Å². The predicted molar refractivity (Wildman–Crippen MR) is 63.3 cm³/mol. The number of rotatable bonds is 0. The van der Waals surface area contributed by atoms with Gasteiger partial charge >= 0.3 is 0 Å². The highest BCUT2D eigenvalue weighted by Gasteiger charge is 2.28. The number of nitrogens with zero attached hydrogens (tertiary/aromatic N) is 1. The van der Waals surface area contributed by atoms with Crippen LogP contribution in [0.25, 0.3) is 0 Å². The Balaban J connectivity index is 2.55. The fourth-order valence-electron chi connectivity index (χ4n) is 1.97. The summed E-state index contributed by atoms with van der Waals surface area (Å²) in [6, 6.07) is 0. The van der Waals surface area contributed by atoms with Crippen molar-refractivity contribution >= 4 is 9.24 Å². The van der Waals surface area contributed by atoms with E-state index in [0.29, 0.717) is 10.7 Å². The van der Waals surface area contributed by atoms with Crippen LogP contribution in [0.15, 0.2) is 0 Å². The molecule has 0 bridgehead atoms. The molecule has 0 aromatic heterocycles. The largest absolute Gasteiger partial charge is 0.298 e. The fraction of sp³-hybridized carbons (Fsp3) is 1.00. The molecule has 0 saturated carbocycles. The van der Waals surface area contributed by atoms with E-state index in [2.05, 4.69) is 41.8 Å². The summed E-state index contributed by atoms with van der Waals surface area (Å²) in [5.41, 5.74) is 0.352. The highest BCUT2D eigenvalue weighted by Crippen LogP contribution is 2.32. The van der Waals surface area contributed by atoms with Gasteiger partial charge in [-0.25, -0.2) is 0 Å². The van der Waals surface area contributed by atoms with Crippen molar-refractivity contribution in [1.82, 2.24) is 4.90 Å². The van der Waals surface area contributed by atoms with Crippen molar-refractivity contribution in [3.05, 3.63) is 0 Å². The van der Waals surface area contributed by atoms with Crippen molar-refractivity contribution in [3.63, 3.8) is 0 Å². The first-order chi connectivity index (χ1) is 5.81. The average molecular weight is 201 g/mol. The van der Waals surface area contributed by atoms with Gasteiger partial charge in [0, 0.05) is 5.54 Å².